The molecule has 1 atom stereocenters. The monoisotopic (exact) mass is 353 g/mol. The summed E-state index contributed by atoms with van der Waals surface area (Å²) in [6.07, 6.45) is 8.96. The maximum atomic E-state index is 12.6. The number of nitrogens with zero attached hydrogens (tertiary/aromatic N) is 3. The van der Waals surface area contributed by atoms with E-state index in [2.05, 4.69) is 22.1 Å². The summed E-state index contributed by atoms with van der Waals surface area (Å²) in [5.74, 6) is 0. The Hall–Kier alpha value is -2.43. The first kappa shape index (κ1) is 18.4. The van der Waals surface area contributed by atoms with E-state index >= 15 is 0 Å². The Balaban J connectivity index is 1.75. The zero-order chi connectivity index (χ0) is 18.6. The standard InChI is InChI=1S/C21H27N3O2/c1-21(2,3)26-20(25)24-12-5-4-9-18(24)14-16-7-6-8-17(13-16)19-15-22-10-11-23-19/h6-8,10-11,13,15,18H,4-5,9,12,14H2,1-3H3/t18-/m0/s1. The molecule has 0 bridgehead atoms. The number of rotatable bonds is 3. The van der Waals surface area contributed by atoms with E-state index in [9.17, 15) is 4.79 Å². The Morgan fingerprint density at radius 1 is 1.27 bits per heavy atom. The van der Waals surface area contributed by atoms with Gasteiger partial charge < -0.3 is 9.64 Å². The van der Waals surface area contributed by atoms with Crippen LogP contribution in [0.2, 0.25) is 0 Å². The van der Waals surface area contributed by atoms with Crippen LogP contribution in [0.25, 0.3) is 11.3 Å². The van der Waals surface area contributed by atoms with Crippen molar-refractivity contribution in [2.45, 2.75) is 58.1 Å². The number of carbonyl (C=O) groups is 1. The fraction of sp³-hybridized carbons (Fsp3) is 0.476. The number of carbonyl (C=O) groups excluding carboxylic acids is 1. The van der Waals surface area contributed by atoms with Crippen LogP contribution in [0.15, 0.2) is 42.9 Å². The van der Waals surface area contributed by atoms with Crippen molar-refractivity contribution in [2.75, 3.05) is 6.54 Å². The van der Waals surface area contributed by atoms with E-state index in [1.165, 1.54) is 5.56 Å². The van der Waals surface area contributed by atoms with Gasteiger partial charge in [-0.1, -0.05) is 18.2 Å². The molecule has 1 aliphatic heterocycles. The lowest BCUT2D eigenvalue weighted by Crippen LogP contribution is -2.47. The maximum Gasteiger partial charge on any atom is 0.410 e. The van der Waals surface area contributed by atoms with E-state index in [1.807, 2.05) is 37.8 Å². The molecular formula is C21H27N3O2. The number of likely N-dealkylation sites (tertiary alicyclic amines) is 1. The summed E-state index contributed by atoms with van der Waals surface area (Å²) in [4.78, 5) is 23.0. The van der Waals surface area contributed by atoms with Gasteiger partial charge in [0.2, 0.25) is 0 Å². The first-order chi connectivity index (χ1) is 12.4. The molecule has 1 aliphatic rings. The minimum Gasteiger partial charge on any atom is -0.444 e. The highest BCUT2D eigenvalue weighted by Crippen LogP contribution is 2.25. The fourth-order valence-corrected chi connectivity index (χ4v) is 3.35. The Morgan fingerprint density at radius 2 is 2.12 bits per heavy atom. The van der Waals surface area contributed by atoms with Gasteiger partial charge in [-0.15, -0.1) is 0 Å². The van der Waals surface area contributed by atoms with Gasteiger partial charge in [0.15, 0.2) is 0 Å². The molecule has 0 saturated carbocycles. The van der Waals surface area contributed by atoms with Gasteiger partial charge in [0.1, 0.15) is 5.60 Å². The number of aromatic nitrogens is 2. The number of benzene rings is 1. The third-order valence-electron chi connectivity index (χ3n) is 4.51. The topological polar surface area (TPSA) is 55.3 Å². The lowest BCUT2D eigenvalue weighted by molar-refractivity contribution is 0.00995. The second kappa shape index (κ2) is 7.85. The normalized spacial score (nSPS) is 17.8. The molecule has 2 heterocycles. The van der Waals surface area contributed by atoms with Crippen LogP contribution >= 0.6 is 0 Å². The predicted octanol–water partition coefficient (Wildman–Crippen LogP) is 4.48. The van der Waals surface area contributed by atoms with Crippen LogP contribution in [0.5, 0.6) is 0 Å². The molecule has 1 amide bonds. The quantitative estimate of drug-likeness (QED) is 0.816. The van der Waals surface area contributed by atoms with Crippen LogP contribution < -0.4 is 0 Å². The maximum absolute atomic E-state index is 12.6. The molecule has 1 aromatic heterocycles. The van der Waals surface area contributed by atoms with Crippen LogP contribution in [0.4, 0.5) is 4.79 Å². The van der Waals surface area contributed by atoms with Gasteiger partial charge in [-0.25, -0.2) is 4.79 Å². The van der Waals surface area contributed by atoms with Gasteiger partial charge in [0, 0.05) is 30.5 Å². The third-order valence-corrected chi connectivity index (χ3v) is 4.51. The first-order valence-electron chi connectivity index (χ1n) is 9.27. The van der Waals surface area contributed by atoms with Gasteiger partial charge in [0.25, 0.3) is 0 Å². The van der Waals surface area contributed by atoms with E-state index in [4.69, 9.17) is 4.74 Å². The molecule has 5 heteroatoms. The van der Waals surface area contributed by atoms with Crippen molar-refractivity contribution in [3.63, 3.8) is 0 Å². The molecule has 1 fully saturated rings. The second-order valence-electron chi connectivity index (χ2n) is 7.82. The number of piperidine rings is 1. The summed E-state index contributed by atoms with van der Waals surface area (Å²) in [6.45, 7) is 6.50. The van der Waals surface area contributed by atoms with E-state index in [0.717, 1.165) is 43.5 Å². The summed E-state index contributed by atoms with van der Waals surface area (Å²) < 4.78 is 5.61. The van der Waals surface area contributed by atoms with Gasteiger partial charge in [-0.2, -0.15) is 0 Å². The van der Waals surface area contributed by atoms with Gasteiger partial charge in [-0.3, -0.25) is 9.97 Å². The summed E-state index contributed by atoms with van der Waals surface area (Å²) in [5, 5.41) is 0. The Labute approximate surface area is 155 Å². The highest BCUT2D eigenvalue weighted by molar-refractivity contribution is 5.68. The minimum atomic E-state index is -0.467. The molecule has 5 nitrogen and oxygen atoms in total. The van der Waals surface area contributed by atoms with Crippen molar-refractivity contribution in [1.82, 2.24) is 14.9 Å². The Bertz CT molecular complexity index is 740. The van der Waals surface area contributed by atoms with Crippen LogP contribution in [-0.2, 0) is 11.2 Å². The van der Waals surface area contributed by atoms with Crippen molar-refractivity contribution >= 4 is 6.09 Å². The molecule has 26 heavy (non-hydrogen) atoms. The number of hydrogen-bond acceptors (Lipinski definition) is 4. The first-order valence-corrected chi connectivity index (χ1v) is 9.27. The number of amides is 1. The average Bonchev–Trinajstić information content (AvgIpc) is 2.62. The van der Waals surface area contributed by atoms with E-state index in [-0.39, 0.29) is 12.1 Å². The SMILES string of the molecule is CC(C)(C)OC(=O)N1CCCC[C@H]1Cc1cccc(-c2cnccn2)c1. The van der Waals surface area contributed by atoms with E-state index < -0.39 is 5.60 Å². The molecule has 3 rings (SSSR count). The predicted molar refractivity (Wildman–Crippen MR) is 102 cm³/mol. The summed E-state index contributed by atoms with van der Waals surface area (Å²) in [6, 6.07) is 8.52. The number of hydrogen-bond donors (Lipinski definition) is 0. The fourth-order valence-electron chi connectivity index (χ4n) is 3.35. The van der Waals surface area contributed by atoms with Crippen molar-refractivity contribution in [3.05, 3.63) is 48.4 Å². The van der Waals surface area contributed by atoms with Crippen LogP contribution in [0, 0.1) is 0 Å². The summed E-state index contributed by atoms with van der Waals surface area (Å²) in [5.41, 5.74) is 2.65. The zero-order valence-corrected chi connectivity index (χ0v) is 15.8. The van der Waals surface area contributed by atoms with Crippen molar-refractivity contribution in [1.29, 1.82) is 0 Å². The molecule has 0 spiro atoms. The van der Waals surface area contributed by atoms with Crippen molar-refractivity contribution in [2.24, 2.45) is 0 Å². The van der Waals surface area contributed by atoms with Crippen LogP contribution in [0.1, 0.15) is 45.6 Å². The van der Waals surface area contributed by atoms with Crippen LogP contribution in [-0.4, -0.2) is 39.1 Å². The molecule has 0 aliphatic carbocycles. The highest BCUT2D eigenvalue weighted by Gasteiger charge is 2.30. The van der Waals surface area contributed by atoms with Gasteiger partial charge >= 0.3 is 6.09 Å². The van der Waals surface area contributed by atoms with Crippen molar-refractivity contribution in [3.8, 4) is 11.3 Å². The minimum absolute atomic E-state index is 0.177. The molecule has 0 N–H and O–H groups in total. The average molecular weight is 353 g/mol. The lowest BCUT2D eigenvalue weighted by atomic mass is 9.95. The van der Waals surface area contributed by atoms with E-state index in [0.29, 0.717) is 0 Å². The third kappa shape index (κ3) is 4.81. The smallest absolute Gasteiger partial charge is 0.410 e. The Morgan fingerprint density at radius 3 is 2.85 bits per heavy atom. The van der Waals surface area contributed by atoms with Gasteiger partial charge in [0.05, 0.1) is 11.9 Å². The highest BCUT2D eigenvalue weighted by atomic mass is 16.6. The molecule has 2 aromatic rings. The van der Waals surface area contributed by atoms with Crippen LogP contribution in [0.3, 0.4) is 0 Å². The summed E-state index contributed by atoms with van der Waals surface area (Å²) >= 11 is 0. The van der Waals surface area contributed by atoms with Gasteiger partial charge in [-0.05, 0) is 58.1 Å². The lowest BCUT2D eigenvalue weighted by Gasteiger charge is -2.37. The van der Waals surface area contributed by atoms with E-state index in [1.54, 1.807) is 18.6 Å². The number of ether oxygens (including phenoxy) is 1. The zero-order valence-electron chi connectivity index (χ0n) is 15.8. The largest absolute Gasteiger partial charge is 0.444 e. The Kier molecular flexibility index (Phi) is 5.55. The second-order valence-corrected chi connectivity index (χ2v) is 7.82. The molecule has 138 valence electrons. The molecular weight excluding hydrogens is 326 g/mol. The van der Waals surface area contributed by atoms with Crippen molar-refractivity contribution < 1.29 is 9.53 Å². The summed E-state index contributed by atoms with van der Waals surface area (Å²) in [7, 11) is 0. The molecule has 1 saturated heterocycles. The molecule has 0 radical (unpaired) electrons. The molecule has 1 aromatic carbocycles. The molecule has 0 unspecified atom stereocenters.